The quantitative estimate of drug-likeness (QED) is 0.677. The third-order valence-electron chi connectivity index (χ3n) is 3.44. The van der Waals surface area contributed by atoms with E-state index >= 15 is 0 Å². The van der Waals surface area contributed by atoms with E-state index in [1.165, 1.54) is 16.9 Å². The predicted molar refractivity (Wildman–Crippen MR) is 99.5 cm³/mol. The molecular weight excluding hydrogens is 340 g/mol. The van der Waals surface area contributed by atoms with Crippen LogP contribution in [0.15, 0.2) is 47.2 Å². The van der Waals surface area contributed by atoms with Gasteiger partial charge in [0.2, 0.25) is 5.91 Å². The summed E-state index contributed by atoms with van der Waals surface area (Å²) in [7, 11) is 1.94. The van der Waals surface area contributed by atoms with Gasteiger partial charge in [0, 0.05) is 42.6 Å². The average Bonchev–Trinajstić information content (AvgIpc) is 3.18. The van der Waals surface area contributed by atoms with Crippen molar-refractivity contribution in [1.29, 1.82) is 0 Å². The van der Waals surface area contributed by atoms with E-state index in [2.05, 4.69) is 34.3 Å². The van der Waals surface area contributed by atoms with Crippen LogP contribution in [0.1, 0.15) is 12.0 Å². The Hall–Kier alpha value is -2.12. The molecule has 24 heavy (non-hydrogen) atoms. The van der Waals surface area contributed by atoms with Gasteiger partial charge < -0.3 is 9.88 Å². The lowest BCUT2D eigenvalue weighted by Crippen LogP contribution is -2.12. The molecule has 2 heterocycles. The van der Waals surface area contributed by atoms with Crippen LogP contribution in [-0.2, 0) is 11.8 Å². The number of carbonyl (C=O) groups excluding carboxylic acids is 1. The van der Waals surface area contributed by atoms with E-state index in [9.17, 15) is 4.79 Å². The predicted octanol–water partition coefficient (Wildman–Crippen LogP) is 3.97. The second-order valence-electron chi connectivity index (χ2n) is 5.37. The number of carbonyl (C=O) groups is 1. The van der Waals surface area contributed by atoms with Crippen LogP contribution in [0.2, 0.25) is 0 Å². The second-order valence-corrected chi connectivity index (χ2v) is 7.29. The largest absolute Gasteiger partial charge is 0.329 e. The highest BCUT2D eigenvalue weighted by Crippen LogP contribution is 2.25. The van der Waals surface area contributed by atoms with Crippen molar-refractivity contribution in [3.63, 3.8) is 0 Å². The van der Waals surface area contributed by atoms with Gasteiger partial charge in [-0.3, -0.25) is 4.79 Å². The zero-order valence-corrected chi connectivity index (χ0v) is 15.2. The molecule has 2 aromatic heterocycles. The first-order valence-corrected chi connectivity index (χ1v) is 9.41. The molecule has 0 aliphatic rings. The third kappa shape index (κ3) is 4.24. The summed E-state index contributed by atoms with van der Waals surface area (Å²) >= 11 is 3.01. The van der Waals surface area contributed by atoms with E-state index < -0.39 is 0 Å². The third-order valence-corrected chi connectivity index (χ3v) is 5.25. The van der Waals surface area contributed by atoms with Crippen molar-refractivity contribution in [3.05, 3.63) is 47.6 Å². The minimum atomic E-state index is -0.0264. The molecule has 0 bridgehead atoms. The fourth-order valence-corrected chi connectivity index (χ4v) is 3.70. The van der Waals surface area contributed by atoms with Gasteiger partial charge in [-0.15, -0.1) is 11.3 Å². The lowest BCUT2D eigenvalue weighted by molar-refractivity contribution is -0.115. The molecule has 0 radical (unpaired) electrons. The number of thioether (sulfide) groups is 1. The zero-order chi connectivity index (χ0) is 16.9. The Kier molecular flexibility index (Phi) is 5.32. The van der Waals surface area contributed by atoms with Gasteiger partial charge in [-0.2, -0.15) is 0 Å². The van der Waals surface area contributed by atoms with E-state index in [4.69, 9.17) is 0 Å². The van der Waals surface area contributed by atoms with Crippen molar-refractivity contribution in [2.75, 3.05) is 11.1 Å². The normalized spacial score (nSPS) is 10.8. The molecule has 3 aromatic rings. The van der Waals surface area contributed by atoms with Crippen LogP contribution >= 0.6 is 23.1 Å². The molecule has 0 unspecified atom stereocenters. The smallest absolute Gasteiger partial charge is 0.226 e. The fourth-order valence-electron chi connectivity index (χ4n) is 2.10. The molecule has 0 spiro atoms. The molecule has 0 saturated heterocycles. The maximum absolute atomic E-state index is 12.0. The Morgan fingerprint density at radius 1 is 1.33 bits per heavy atom. The molecule has 0 saturated carbocycles. The molecule has 3 rings (SSSR count). The van der Waals surface area contributed by atoms with Gasteiger partial charge in [-0.1, -0.05) is 41.6 Å². The van der Waals surface area contributed by atoms with Gasteiger partial charge in [0.25, 0.3) is 0 Å². The first-order chi connectivity index (χ1) is 11.6. The van der Waals surface area contributed by atoms with Crippen LogP contribution in [0.3, 0.4) is 0 Å². The van der Waals surface area contributed by atoms with Gasteiger partial charge in [0.05, 0.1) is 5.69 Å². The van der Waals surface area contributed by atoms with Crippen molar-refractivity contribution in [2.24, 2.45) is 7.05 Å². The standard InChI is InChI=1S/C17H18N4OS2/c1-12-3-5-13(6-4-12)14-11-24-16(19-14)20-15(22)7-10-23-17-18-8-9-21(17)2/h3-6,8-9,11H,7,10H2,1-2H3,(H,19,20,22). The molecule has 7 heteroatoms. The van der Waals surface area contributed by atoms with Crippen LogP contribution in [0.4, 0.5) is 5.13 Å². The molecule has 5 nitrogen and oxygen atoms in total. The van der Waals surface area contributed by atoms with Crippen molar-refractivity contribution < 1.29 is 4.79 Å². The summed E-state index contributed by atoms with van der Waals surface area (Å²) in [5, 5.41) is 6.38. The van der Waals surface area contributed by atoms with Gasteiger partial charge >= 0.3 is 0 Å². The highest BCUT2D eigenvalue weighted by molar-refractivity contribution is 7.99. The highest BCUT2D eigenvalue weighted by Gasteiger charge is 2.09. The summed E-state index contributed by atoms with van der Waals surface area (Å²) in [6.45, 7) is 2.06. The Morgan fingerprint density at radius 2 is 2.12 bits per heavy atom. The Balaban J connectivity index is 1.51. The number of amides is 1. The first-order valence-electron chi connectivity index (χ1n) is 7.54. The highest BCUT2D eigenvalue weighted by atomic mass is 32.2. The number of aryl methyl sites for hydroxylation is 2. The lowest BCUT2D eigenvalue weighted by Gasteiger charge is -2.02. The van der Waals surface area contributed by atoms with Crippen molar-refractivity contribution in [3.8, 4) is 11.3 Å². The summed E-state index contributed by atoms with van der Waals surface area (Å²) in [4.78, 5) is 20.7. The van der Waals surface area contributed by atoms with E-state index in [1.54, 1.807) is 18.0 Å². The SMILES string of the molecule is Cc1ccc(-c2csc(NC(=O)CCSc3nccn3C)n2)cc1. The number of benzene rings is 1. The topological polar surface area (TPSA) is 59.8 Å². The summed E-state index contributed by atoms with van der Waals surface area (Å²) in [6.07, 6.45) is 4.08. The van der Waals surface area contributed by atoms with Gasteiger partial charge in [0.1, 0.15) is 0 Å². The van der Waals surface area contributed by atoms with Crippen LogP contribution in [-0.4, -0.2) is 26.2 Å². The van der Waals surface area contributed by atoms with Crippen LogP contribution in [0.5, 0.6) is 0 Å². The number of anilines is 1. The van der Waals surface area contributed by atoms with E-state index in [-0.39, 0.29) is 5.91 Å². The Labute approximate surface area is 149 Å². The number of imidazole rings is 1. The zero-order valence-electron chi connectivity index (χ0n) is 13.5. The molecular formula is C17H18N4OS2. The summed E-state index contributed by atoms with van der Waals surface area (Å²) in [5.41, 5.74) is 3.16. The molecule has 1 aromatic carbocycles. The number of nitrogens with zero attached hydrogens (tertiary/aromatic N) is 3. The number of hydrogen-bond donors (Lipinski definition) is 1. The van der Waals surface area contributed by atoms with Gasteiger partial charge in [-0.05, 0) is 6.92 Å². The molecule has 0 aliphatic heterocycles. The number of rotatable bonds is 6. The summed E-state index contributed by atoms with van der Waals surface area (Å²) < 4.78 is 1.94. The molecule has 124 valence electrons. The fraction of sp³-hybridized carbons (Fsp3) is 0.235. The number of nitrogens with one attached hydrogen (secondary N) is 1. The van der Waals surface area contributed by atoms with Crippen molar-refractivity contribution >= 4 is 34.1 Å². The van der Waals surface area contributed by atoms with Crippen molar-refractivity contribution in [2.45, 2.75) is 18.5 Å². The maximum Gasteiger partial charge on any atom is 0.226 e. The molecule has 1 N–H and O–H groups in total. The number of aromatic nitrogens is 3. The molecule has 0 aliphatic carbocycles. The molecule has 0 atom stereocenters. The van der Waals surface area contributed by atoms with Gasteiger partial charge in [0.15, 0.2) is 10.3 Å². The lowest BCUT2D eigenvalue weighted by atomic mass is 10.1. The molecule has 0 fully saturated rings. The van der Waals surface area contributed by atoms with E-state index in [0.29, 0.717) is 17.3 Å². The first kappa shape index (κ1) is 16.7. The van der Waals surface area contributed by atoms with Gasteiger partial charge in [-0.25, -0.2) is 9.97 Å². The van der Waals surface area contributed by atoms with Crippen LogP contribution in [0, 0.1) is 6.92 Å². The number of thiazole rings is 1. The minimum absolute atomic E-state index is 0.0264. The van der Waals surface area contributed by atoms with E-state index in [0.717, 1.165) is 16.4 Å². The summed E-state index contributed by atoms with van der Waals surface area (Å²) in [5.74, 6) is 0.661. The second kappa shape index (κ2) is 7.63. The van der Waals surface area contributed by atoms with Crippen LogP contribution < -0.4 is 5.32 Å². The molecule has 1 amide bonds. The average molecular weight is 358 g/mol. The van der Waals surface area contributed by atoms with Crippen LogP contribution in [0.25, 0.3) is 11.3 Å². The summed E-state index contributed by atoms with van der Waals surface area (Å²) in [6, 6.07) is 8.20. The minimum Gasteiger partial charge on any atom is -0.329 e. The maximum atomic E-state index is 12.0. The Morgan fingerprint density at radius 3 is 2.83 bits per heavy atom. The van der Waals surface area contributed by atoms with E-state index in [1.807, 2.05) is 35.3 Å². The van der Waals surface area contributed by atoms with Crippen molar-refractivity contribution in [1.82, 2.24) is 14.5 Å². The Bertz CT molecular complexity index is 823. The number of hydrogen-bond acceptors (Lipinski definition) is 5. The monoisotopic (exact) mass is 358 g/mol.